The minimum Gasteiger partial charge on any atom is -0.469 e. The van der Waals surface area contributed by atoms with Gasteiger partial charge in [-0.2, -0.15) is 0 Å². The molecule has 0 aromatic carbocycles. The lowest BCUT2D eigenvalue weighted by Gasteiger charge is -2.27. The molecule has 2 nitrogen and oxygen atoms in total. The van der Waals surface area contributed by atoms with E-state index in [2.05, 4.69) is 10.7 Å². The molecule has 0 aromatic rings. The van der Waals surface area contributed by atoms with Crippen molar-refractivity contribution < 1.29 is 9.53 Å². The fourth-order valence-electron chi connectivity index (χ4n) is 1.32. The van der Waals surface area contributed by atoms with E-state index in [9.17, 15) is 4.79 Å². The predicted molar refractivity (Wildman–Crippen MR) is 50.7 cm³/mol. The topological polar surface area (TPSA) is 26.3 Å². The maximum absolute atomic E-state index is 11.3. The molecule has 68 valence electrons. The number of terminal acetylenes is 1. The van der Waals surface area contributed by atoms with Gasteiger partial charge in [0, 0.05) is 0 Å². The first-order chi connectivity index (χ1) is 6.14. The van der Waals surface area contributed by atoms with Gasteiger partial charge in [-0.1, -0.05) is 30.2 Å². The van der Waals surface area contributed by atoms with Gasteiger partial charge in [0.1, 0.15) is 0 Å². The molecule has 2 atom stereocenters. The van der Waals surface area contributed by atoms with Gasteiger partial charge in [-0.15, -0.1) is 6.42 Å². The Hall–Kier alpha value is -1.49. The zero-order valence-electron chi connectivity index (χ0n) is 7.78. The van der Waals surface area contributed by atoms with Crippen LogP contribution in [0.4, 0.5) is 0 Å². The SMILES string of the molecule is C#CC1(C)C=CC=CC1C(=O)OC. The van der Waals surface area contributed by atoms with Gasteiger partial charge in [0.15, 0.2) is 0 Å². The van der Waals surface area contributed by atoms with Crippen molar-refractivity contribution in [2.45, 2.75) is 6.92 Å². The van der Waals surface area contributed by atoms with E-state index in [0.717, 1.165) is 0 Å². The molecule has 0 saturated heterocycles. The van der Waals surface area contributed by atoms with Gasteiger partial charge in [0.2, 0.25) is 0 Å². The van der Waals surface area contributed by atoms with Crippen molar-refractivity contribution in [1.82, 2.24) is 0 Å². The fraction of sp³-hybridized carbons (Fsp3) is 0.364. The molecule has 0 fully saturated rings. The lowest BCUT2D eigenvalue weighted by molar-refractivity contribution is -0.145. The van der Waals surface area contributed by atoms with Crippen molar-refractivity contribution >= 4 is 5.97 Å². The zero-order valence-corrected chi connectivity index (χ0v) is 7.78. The largest absolute Gasteiger partial charge is 0.469 e. The van der Waals surface area contributed by atoms with Gasteiger partial charge in [-0.05, 0) is 6.92 Å². The number of ether oxygens (including phenoxy) is 1. The third-order valence-electron chi connectivity index (χ3n) is 2.27. The first kappa shape index (κ1) is 9.60. The van der Waals surface area contributed by atoms with Crippen molar-refractivity contribution in [2.75, 3.05) is 7.11 Å². The normalized spacial score (nSPS) is 31.0. The van der Waals surface area contributed by atoms with Crippen LogP contribution in [-0.4, -0.2) is 13.1 Å². The fourth-order valence-corrected chi connectivity index (χ4v) is 1.32. The molecule has 13 heavy (non-hydrogen) atoms. The third kappa shape index (κ3) is 1.65. The van der Waals surface area contributed by atoms with Gasteiger partial charge >= 0.3 is 5.97 Å². The lowest BCUT2D eigenvalue weighted by atomic mass is 9.75. The second kappa shape index (κ2) is 3.49. The highest BCUT2D eigenvalue weighted by atomic mass is 16.5. The molecule has 0 aromatic heterocycles. The van der Waals surface area contributed by atoms with Crippen molar-refractivity contribution in [3.8, 4) is 12.3 Å². The molecule has 0 saturated carbocycles. The summed E-state index contributed by atoms with van der Waals surface area (Å²) in [4.78, 5) is 11.3. The highest BCUT2D eigenvalue weighted by molar-refractivity contribution is 5.77. The average molecular weight is 176 g/mol. The van der Waals surface area contributed by atoms with E-state index in [0.29, 0.717) is 0 Å². The van der Waals surface area contributed by atoms with E-state index >= 15 is 0 Å². The standard InChI is InChI=1S/C11H12O2/c1-4-11(2)8-6-5-7-9(11)10(12)13-3/h1,5-9H,2-3H3. The van der Waals surface area contributed by atoms with Crippen LogP contribution in [0.3, 0.4) is 0 Å². The van der Waals surface area contributed by atoms with Crippen molar-refractivity contribution in [2.24, 2.45) is 11.3 Å². The number of hydrogen-bond acceptors (Lipinski definition) is 2. The summed E-state index contributed by atoms with van der Waals surface area (Å²) in [6, 6.07) is 0. The molecule has 0 N–H and O–H groups in total. The van der Waals surface area contributed by atoms with Crippen LogP contribution in [0.15, 0.2) is 24.3 Å². The van der Waals surface area contributed by atoms with Crippen molar-refractivity contribution in [3.05, 3.63) is 24.3 Å². The Kier molecular flexibility index (Phi) is 2.57. The van der Waals surface area contributed by atoms with Crippen LogP contribution >= 0.6 is 0 Å². The number of hydrogen-bond donors (Lipinski definition) is 0. The van der Waals surface area contributed by atoms with Crippen LogP contribution in [0.25, 0.3) is 0 Å². The van der Waals surface area contributed by atoms with Gasteiger partial charge < -0.3 is 4.74 Å². The molecule has 2 heteroatoms. The Balaban J connectivity index is 2.97. The number of carbonyl (C=O) groups excluding carboxylic acids is 1. The second-order valence-corrected chi connectivity index (χ2v) is 3.17. The number of methoxy groups -OCH3 is 1. The van der Waals surface area contributed by atoms with Gasteiger partial charge in [-0.25, -0.2) is 0 Å². The second-order valence-electron chi connectivity index (χ2n) is 3.17. The number of allylic oxidation sites excluding steroid dienone is 3. The van der Waals surface area contributed by atoms with E-state index in [1.807, 2.05) is 19.1 Å². The molecule has 1 aliphatic rings. The molecule has 1 aliphatic carbocycles. The Morgan fingerprint density at radius 2 is 2.31 bits per heavy atom. The molecule has 2 unspecified atom stereocenters. The molecule has 0 bridgehead atoms. The van der Waals surface area contributed by atoms with E-state index in [-0.39, 0.29) is 11.9 Å². The Morgan fingerprint density at radius 3 is 2.85 bits per heavy atom. The molecule has 0 amide bonds. The van der Waals surface area contributed by atoms with Crippen LogP contribution < -0.4 is 0 Å². The molecule has 0 spiro atoms. The maximum atomic E-state index is 11.3. The van der Waals surface area contributed by atoms with E-state index in [1.165, 1.54) is 7.11 Å². The molecule has 0 radical (unpaired) electrons. The summed E-state index contributed by atoms with van der Waals surface area (Å²) in [6.45, 7) is 1.84. The van der Waals surface area contributed by atoms with Crippen LogP contribution in [0, 0.1) is 23.7 Å². The zero-order chi connectivity index (χ0) is 9.90. The van der Waals surface area contributed by atoms with Crippen LogP contribution in [-0.2, 0) is 9.53 Å². The van der Waals surface area contributed by atoms with Crippen LogP contribution in [0.2, 0.25) is 0 Å². The first-order valence-electron chi connectivity index (χ1n) is 4.05. The molecular formula is C11H12O2. The number of rotatable bonds is 1. The van der Waals surface area contributed by atoms with E-state index in [4.69, 9.17) is 6.42 Å². The van der Waals surface area contributed by atoms with Gasteiger partial charge in [0.25, 0.3) is 0 Å². The van der Waals surface area contributed by atoms with E-state index in [1.54, 1.807) is 12.2 Å². The summed E-state index contributed by atoms with van der Waals surface area (Å²) in [5, 5.41) is 0. The smallest absolute Gasteiger partial charge is 0.314 e. The molecule has 0 aliphatic heterocycles. The number of esters is 1. The average Bonchev–Trinajstić information content (AvgIpc) is 2.17. The molecular weight excluding hydrogens is 164 g/mol. The first-order valence-corrected chi connectivity index (χ1v) is 4.05. The molecule has 1 rings (SSSR count). The summed E-state index contributed by atoms with van der Waals surface area (Å²) in [6.07, 6.45) is 12.6. The van der Waals surface area contributed by atoms with Gasteiger partial charge in [0.05, 0.1) is 18.4 Å². The summed E-state index contributed by atoms with van der Waals surface area (Å²) in [5.74, 6) is 1.95. The Bertz CT molecular complexity index is 307. The van der Waals surface area contributed by atoms with Gasteiger partial charge in [-0.3, -0.25) is 4.79 Å². The number of carbonyl (C=O) groups is 1. The lowest BCUT2D eigenvalue weighted by Crippen LogP contribution is -2.31. The minimum atomic E-state index is -0.554. The summed E-state index contributed by atoms with van der Waals surface area (Å²) in [5.41, 5.74) is -0.554. The summed E-state index contributed by atoms with van der Waals surface area (Å²) < 4.78 is 4.67. The van der Waals surface area contributed by atoms with Crippen LogP contribution in [0.5, 0.6) is 0 Å². The maximum Gasteiger partial charge on any atom is 0.314 e. The van der Waals surface area contributed by atoms with Crippen molar-refractivity contribution in [1.29, 1.82) is 0 Å². The summed E-state index contributed by atoms with van der Waals surface area (Å²) >= 11 is 0. The summed E-state index contributed by atoms with van der Waals surface area (Å²) in [7, 11) is 1.37. The quantitative estimate of drug-likeness (QED) is 0.447. The molecule has 0 heterocycles. The highest BCUT2D eigenvalue weighted by Gasteiger charge is 2.35. The Morgan fingerprint density at radius 1 is 1.62 bits per heavy atom. The van der Waals surface area contributed by atoms with E-state index < -0.39 is 5.41 Å². The highest BCUT2D eigenvalue weighted by Crippen LogP contribution is 2.32. The third-order valence-corrected chi connectivity index (χ3v) is 2.27. The predicted octanol–water partition coefficient (Wildman–Crippen LogP) is 1.54. The monoisotopic (exact) mass is 176 g/mol. The minimum absolute atomic E-state index is 0.291. The Labute approximate surface area is 78.3 Å². The van der Waals surface area contributed by atoms with Crippen LogP contribution in [0.1, 0.15) is 6.92 Å². The van der Waals surface area contributed by atoms with Crippen molar-refractivity contribution in [3.63, 3.8) is 0 Å².